The van der Waals surface area contributed by atoms with Crippen molar-refractivity contribution in [1.82, 2.24) is 19.8 Å². The van der Waals surface area contributed by atoms with Gasteiger partial charge in [0.2, 0.25) is 0 Å². The minimum absolute atomic E-state index is 0.0228. The number of hydrogen-bond acceptors (Lipinski definition) is 10. The van der Waals surface area contributed by atoms with Gasteiger partial charge in [-0.1, -0.05) is 6.07 Å². The lowest BCUT2D eigenvalue weighted by Gasteiger charge is -2.32. The molecule has 2 N–H and O–H groups in total. The van der Waals surface area contributed by atoms with Gasteiger partial charge >= 0.3 is 12.2 Å². The molecule has 17 heteroatoms. The molecule has 4 unspecified atom stereocenters. The van der Waals surface area contributed by atoms with Crippen LogP contribution in [0.15, 0.2) is 18.2 Å². The first kappa shape index (κ1) is 36.6. The van der Waals surface area contributed by atoms with Crippen molar-refractivity contribution in [3.05, 3.63) is 41.0 Å². The van der Waals surface area contributed by atoms with Gasteiger partial charge in [-0.25, -0.2) is 13.2 Å². The molecule has 0 bridgehead atoms. The molecule has 8 rings (SSSR count). The van der Waals surface area contributed by atoms with E-state index in [1.54, 1.807) is 16.7 Å². The molecular formula is C37H37F6N7O3S. The number of thiophene rings is 1. The van der Waals surface area contributed by atoms with Gasteiger partial charge in [0.05, 0.1) is 21.4 Å². The first-order chi connectivity index (χ1) is 25.8. The molecule has 0 saturated carbocycles. The number of nitrogens with two attached hydrogens (primary N) is 1. The Kier molecular flexibility index (Phi) is 9.29. The Morgan fingerprint density at radius 1 is 1.20 bits per heavy atom. The van der Waals surface area contributed by atoms with E-state index in [-0.39, 0.29) is 82.0 Å². The van der Waals surface area contributed by atoms with Gasteiger partial charge in [-0.15, -0.1) is 11.3 Å². The summed E-state index contributed by atoms with van der Waals surface area (Å²) < 4.78 is 104. The van der Waals surface area contributed by atoms with Crippen molar-refractivity contribution in [3.63, 3.8) is 0 Å². The molecule has 4 saturated heterocycles. The van der Waals surface area contributed by atoms with E-state index in [0.29, 0.717) is 50.3 Å². The van der Waals surface area contributed by atoms with Crippen molar-refractivity contribution in [3.8, 4) is 23.2 Å². The van der Waals surface area contributed by atoms with Crippen molar-refractivity contribution in [2.45, 2.75) is 75.5 Å². The number of aromatic nitrogens is 2. The molecule has 4 fully saturated rings. The van der Waals surface area contributed by atoms with Gasteiger partial charge in [-0.2, -0.15) is 28.4 Å². The van der Waals surface area contributed by atoms with E-state index in [2.05, 4.69) is 9.97 Å². The number of halogens is 6. The summed E-state index contributed by atoms with van der Waals surface area (Å²) in [6.07, 6.45) is -3.19. The van der Waals surface area contributed by atoms with Crippen LogP contribution in [0.2, 0.25) is 0 Å². The zero-order valence-electron chi connectivity index (χ0n) is 29.3. The second kappa shape index (κ2) is 13.7. The lowest BCUT2D eigenvalue weighted by atomic mass is 9.92. The lowest BCUT2D eigenvalue weighted by Crippen LogP contribution is -2.43. The lowest BCUT2D eigenvalue weighted by molar-refractivity contribution is -0.140. The summed E-state index contributed by atoms with van der Waals surface area (Å²) in [5.41, 5.74) is 1.90. The number of ether oxygens (including phenoxy) is 2. The topological polar surface area (TPSA) is 121 Å². The number of anilines is 2. The molecule has 4 aromatic rings. The number of carbonyl (C=O) groups is 1. The van der Waals surface area contributed by atoms with E-state index in [9.17, 15) is 14.4 Å². The van der Waals surface area contributed by atoms with Gasteiger partial charge in [0.1, 0.15) is 47.1 Å². The third kappa shape index (κ3) is 6.06. The number of likely N-dealkylation sites (N-methyl/N-ethyl adjacent to an activating group) is 1. The molecule has 2 aromatic carbocycles. The van der Waals surface area contributed by atoms with Crippen LogP contribution in [-0.2, 0) is 15.7 Å². The maximum atomic E-state index is 17.3. The Morgan fingerprint density at radius 3 is 2.74 bits per heavy atom. The van der Waals surface area contributed by atoms with E-state index in [1.165, 1.54) is 0 Å². The minimum Gasteiger partial charge on any atom is -0.461 e. The van der Waals surface area contributed by atoms with Gasteiger partial charge in [-0.3, -0.25) is 9.69 Å². The maximum Gasteiger partial charge on any atom is 0.417 e. The van der Waals surface area contributed by atoms with Crippen molar-refractivity contribution < 1.29 is 40.6 Å². The van der Waals surface area contributed by atoms with Crippen molar-refractivity contribution in [2.24, 2.45) is 0 Å². The Morgan fingerprint density at radius 2 is 2.02 bits per heavy atom. The Bertz CT molecular complexity index is 2190. The molecule has 4 aliphatic rings. The molecule has 10 nitrogen and oxygen atoms in total. The van der Waals surface area contributed by atoms with Crippen LogP contribution >= 0.6 is 11.3 Å². The van der Waals surface area contributed by atoms with Crippen molar-refractivity contribution in [1.29, 1.82) is 5.26 Å². The monoisotopic (exact) mass is 773 g/mol. The maximum absolute atomic E-state index is 17.3. The number of alkyl halides is 4. The molecule has 6 heterocycles. The van der Waals surface area contributed by atoms with Gasteiger partial charge in [0, 0.05) is 61.6 Å². The summed E-state index contributed by atoms with van der Waals surface area (Å²) in [4.78, 5) is 27.7. The zero-order chi connectivity index (χ0) is 38.1. The molecule has 4 aliphatic heterocycles. The number of amides is 1. The quantitative estimate of drug-likeness (QED) is 0.192. The summed E-state index contributed by atoms with van der Waals surface area (Å²) in [6, 6.07) is 3.81. The molecule has 0 radical (unpaired) electrons. The molecule has 286 valence electrons. The molecule has 4 atom stereocenters. The summed E-state index contributed by atoms with van der Waals surface area (Å²) >= 11 is 0.681. The zero-order valence-corrected chi connectivity index (χ0v) is 30.1. The van der Waals surface area contributed by atoms with Crippen molar-refractivity contribution >= 4 is 49.1 Å². The predicted molar refractivity (Wildman–Crippen MR) is 190 cm³/mol. The van der Waals surface area contributed by atoms with Crippen LogP contribution in [-0.4, -0.2) is 95.5 Å². The number of benzene rings is 2. The van der Waals surface area contributed by atoms with Crippen LogP contribution in [0.5, 0.6) is 6.01 Å². The summed E-state index contributed by atoms with van der Waals surface area (Å²) in [6.45, 7) is 4.03. The highest BCUT2D eigenvalue weighted by atomic mass is 32.1. The Balaban J connectivity index is 1.30. The summed E-state index contributed by atoms with van der Waals surface area (Å²) in [5.74, 6) is -2.38. The number of carbonyl (C=O) groups excluding carboxylic acids is 1. The van der Waals surface area contributed by atoms with E-state index in [0.717, 1.165) is 31.0 Å². The molecule has 1 amide bonds. The number of likely N-dealkylation sites (tertiary alicyclic amines) is 1. The third-order valence-corrected chi connectivity index (χ3v) is 12.4. The molecule has 2 aromatic heterocycles. The highest BCUT2D eigenvalue weighted by Crippen LogP contribution is 2.48. The molecular weight excluding hydrogens is 737 g/mol. The second-order valence-corrected chi connectivity index (χ2v) is 15.5. The van der Waals surface area contributed by atoms with Crippen LogP contribution in [0.25, 0.3) is 32.1 Å². The first-order valence-corrected chi connectivity index (χ1v) is 18.9. The molecule has 0 spiro atoms. The van der Waals surface area contributed by atoms with Gasteiger partial charge in [0.25, 0.3) is 5.91 Å². The van der Waals surface area contributed by atoms with E-state index in [4.69, 9.17) is 15.2 Å². The first-order valence-electron chi connectivity index (χ1n) is 18.0. The fraction of sp³-hybridized carbons (Fsp3) is 0.514. The highest BCUT2D eigenvalue weighted by Gasteiger charge is 2.49. The SMILES string of the molecule is CCN(c1nc(OCC23CCCN2CC(F)C3)nc2c(F)c(-c3ccc(F)c4sc(N)c(C#N)c34)c(C(F)(F)F)cc12)C1CCN(C(=O)C2CCCO2)C1. The molecule has 54 heavy (non-hydrogen) atoms. The van der Waals surface area contributed by atoms with Crippen LogP contribution < -0.4 is 15.4 Å². The Labute approximate surface area is 310 Å². The van der Waals surface area contributed by atoms with Crippen LogP contribution in [0, 0.1) is 23.0 Å². The second-order valence-electron chi connectivity index (χ2n) is 14.5. The van der Waals surface area contributed by atoms with E-state index in [1.807, 2.05) is 11.0 Å². The fourth-order valence-corrected chi connectivity index (χ4v) is 9.82. The van der Waals surface area contributed by atoms with Gasteiger partial charge in [-0.05, 0) is 63.3 Å². The van der Waals surface area contributed by atoms with Gasteiger partial charge in [0.15, 0.2) is 5.82 Å². The highest BCUT2D eigenvalue weighted by molar-refractivity contribution is 7.23. The van der Waals surface area contributed by atoms with Crippen LogP contribution in [0.4, 0.5) is 37.2 Å². The number of fused-ring (bicyclic) bond motifs is 3. The van der Waals surface area contributed by atoms with Gasteiger partial charge < -0.3 is 25.0 Å². The number of nitrogens with zero attached hydrogens (tertiary/aromatic N) is 6. The fourth-order valence-electron chi connectivity index (χ4n) is 8.87. The van der Waals surface area contributed by atoms with E-state index >= 15 is 22.0 Å². The standard InChI is InChI=1S/C37H37F6N7O3S/c1-2-50(20-8-11-48(17-20)34(51)26-5-3-12-52-26)33-22-13-24(37(41,42)43)28(21-6-7-25(39)31-27(21)23(15-44)32(45)54-31)29(40)30(22)46-35(47-33)53-18-36-9-4-10-49(36)16-19(38)14-36/h6-7,13,19-20,26H,2-5,8-12,14,16-18,45H2,1H3. The smallest absolute Gasteiger partial charge is 0.417 e. The normalized spacial score (nSPS) is 24.5. The van der Waals surface area contributed by atoms with Crippen LogP contribution in [0.3, 0.4) is 0 Å². The third-order valence-electron chi connectivity index (χ3n) is 11.4. The predicted octanol–water partition coefficient (Wildman–Crippen LogP) is 6.82. The summed E-state index contributed by atoms with van der Waals surface area (Å²) in [7, 11) is 0. The minimum atomic E-state index is -5.13. The Hall–Kier alpha value is -4.40. The average molecular weight is 774 g/mol. The average Bonchev–Trinajstić information content (AvgIpc) is 3.97. The largest absolute Gasteiger partial charge is 0.461 e. The number of nitrogen functional groups attached to an aromatic ring is 1. The summed E-state index contributed by atoms with van der Waals surface area (Å²) in [5, 5.41) is 9.26. The number of nitriles is 1. The van der Waals surface area contributed by atoms with Crippen molar-refractivity contribution in [2.75, 3.05) is 56.6 Å². The molecule has 0 aliphatic carbocycles. The number of hydrogen-bond donors (Lipinski definition) is 1. The van der Waals surface area contributed by atoms with Crippen LogP contribution in [0.1, 0.15) is 56.6 Å². The van der Waals surface area contributed by atoms with E-state index < -0.39 is 58.3 Å². The number of rotatable bonds is 8.